The number of aromatic nitrogens is 1. The fourth-order valence-electron chi connectivity index (χ4n) is 4.19. The van der Waals surface area contributed by atoms with Gasteiger partial charge in [-0.2, -0.15) is 5.26 Å². The fraction of sp³-hybridized carbons (Fsp3) is 0.167. The van der Waals surface area contributed by atoms with Crippen molar-refractivity contribution in [2.24, 2.45) is 0 Å². The third kappa shape index (κ3) is 6.14. The second kappa shape index (κ2) is 11.5. The number of halogens is 1. The molecule has 1 N–H and O–H groups in total. The van der Waals surface area contributed by atoms with Crippen LogP contribution in [0.15, 0.2) is 71.8 Å². The molecule has 3 aromatic carbocycles. The predicted octanol–water partition coefficient (Wildman–Crippen LogP) is 7.61. The van der Waals surface area contributed by atoms with Gasteiger partial charge in [-0.25, -0.2) is 4.98 Å². The van der Waals surface area contributed by atoms with Gasteiger partial charge in [0.25, 0.3) is 0 Å². The number of pyridine rings is 1. The molecule has 0 bridgehead atoms. The number of methoxy groups -OCH3 is 1. The minimum absolute atomic E-state index is 0.112. The molecule has 7 heteroatoms. The SMILES string of the molecule is COc1ccc(-c2cc(-c3ccc(Cl)cc3)c(C#N)c(SCC(=O)Nc3c(C)cc(C)cc3C)n2)cc1. The zero-order chi connectivity index (χ0) is 26.5. The Kier molecular flexibility index (Phi) is 8.17. The number of hydrogen-bond donors (Lipinski definition) is 1. The highest BCUT2D eigenvalue weighted by molar-refractivity contribution is 8.00. The maximum atomic E-state index is 12.9. The molecule has 0 aliphatic rings. The molecule has 5 nitrogen and oxygen atoms in total. The Bertz CT molecular complexity index is 1470. The summed E-state index contributed by atoms with van der Waals surface area (Å²) in [5.74, 6) is 0.692. The lowest BCUT2D eigenvalue weighted by Crippen LogP contribution is -2.16. The molecule has 37 heavy (non-hydrogen) atoms. The van der Waals surface area contributed by atoms with Crippen molar-refractivity contribution < 1.29 is 9.53 Å². The van der Waals surface area contributed by atoms with E-state index in [1.807, 2.05) is 75.4 Å². The van der Waals surface area contributed by atoms with Gasteiger partial charge >= 0.3 is 0 Å². The highest BCUT2D eigenvalue weighted by Gasteiger charge is 2.18. The summed E-state index contributed by atoms with van der Waals surface area (Å²) >= 11 is 7.35. The Morgan fingerprint density at radius 3 is 2.22 bits per heavy atom. The van der Waals surface area contributed by atoms with Crippen LogP contribution in [0.2, 0.25) is 5.02 Å². The van der Waals surface area contributed by atoms with E-state index in [0.717, 1.165) is 44.8 Å². The second-order valence-electron chi connectivity index (χ2n) is 8.69. The lowest BCUT2D eigenvalue weighted by molar-refractivity contribution is -0.113. The first-order chi connectivity index (χ1) is 17.8. The van der Waals surface area contributed by atoms with Gasteiger partial charge < -0.3 is 10.1 Å². The zero-order valence-corrected chi connectivity index (χ0v) is 22.6. The predicted molar refractivity (Wildman–Crippen MR) is 151 cm³/mol. The lowest BCUT2D eigenvalue weighted by Gasteiger charge is -2.14. The number of nitrogens with zero attached hydrogens (tertiary/aromatic N) is 2. The number of rotatable bonds is 7. The van der Waals surface area contributed by atoms with Crippen LogP contribution in [0.1, 0.15) is 22.3 Å². The van der Waals surface area contributed by atoms with Gasteiger partial charge in [0, 0.05) is 21.8 Å². The first-order valence-corrected chi connectivity index (χ1v) is 13.0. The van der Waals surface area contributed by atoms with Gasteiger partial charge in [0.1, 0.15) is 16.8 Å². The van der Waals surface area contributed by atoms with Crippen LogP contribution in [-0.2, 0) is 4.79 Å². The van der Waals surface area contributed by atoms with Crippen LogP contribution in [0, 0.1) is 32.1 Å². The van der Waals surface area contributed by atoms with Crippen molar-refractivity contribution in [3.05, 3.63) is 94.0 Å². The Balaban J connectivity index is 1.69. The molecule has 0 saturated heterocycles. The normalized spacial score (nSPS) is 10.6. The fourth-order valence-corrected chi connectivity index (χ4v) is 5.12. The monoisotopic (exact) mass is 527 g/mol. The van der Waals surface area contributed by atoms with E-state index >= 15 is 0 Å². The Morgan fingerprint density at radius 2 is 1.62 bits per heavy atom. The van der Waals surface area contributed by atoms with E-state index in [2.05, 4.69) is 11.4 Å². The summed E-state index contributed by atoms with van der Waals surface area (Å²) in [6.45, 7) is 5.99. The van der Waals surface area contributed by atoms with Gasteiger partial charge in [-0.15, -0.1) is 0 Å². The lowest BCUT2D eigenvalue weighted by atomic mass is 9.99. The molecule has 4 rings (SSSR count). The first-order valence-electron chi connectivity index (χ1n) is 11.6. The Morgan fingerprint density at radius 1 is 1.00 bits per heavy atom. The number of nitriles is 1. The molecule has 0 atom stereocenters. The van der Waals surface area contributed by atoms with Crippen LogP contribution in [0.4, 0.5) is 5.69 Å². The average Bonchev–Trinajstić information content (AvgIpc) is 2.89. The molecular weight excluding hydrogens is 502 g/mol. The summed E-state index contributed by atoms with van der Waals surface area (Å²) in [5, 5.41) is 14.2. The highest BCUT2D eigenvalue weighted by Crippen LogP contribution is 2.35. The van der Waals surface area contributed by atoms with E-state index in [0.29, 0.717) is 21.3 Å². The zero-order valence-electron chi connectivity index (χ0n) is 21.1. The molecule has 1 heterocycles. The van der Waals surface area contributed by atoms with Gasteiger partial charge in [-0.05, 0) is 79.9 Å². The van der Waals surface area contributed by atoms with Gasteiger partial charge in [0.05, 0.1) is 24.1 Å². The summed E-state index contributed by atoms with van der Waals surface area (Å²) in [7, 11) is 1.62. The molecule has 186 valence electrons. The summed E-state index contributed by atoms with van der Waals surface area (Å²) < 4.78 is 5.28. The summed E-state index contributed by atoms with van der Waals surface area (Å²) in [4.78, 5) is 17.7. The van der Waals surface area contributed by atoms with Gasteiger partial charge in [-0.3, -0.25) is 4.79 Å². The number of benzene rings is 3. The molecule has 0 aliphatic carbocycles. The largest absolute Gasteiger partial charge is 0.497 e. The quantitative estimate of drug-likeness (QED) is 0.250. The highest BCUT2D eigenvalue weighted by atomic mass is 35.5. The molecular formula is C30H26ClN3O2S. The number of amides is 1. The van der Waals surface area contributed by atoms with Crippen molar-refractivity contribution in [3.8, 4) is 34.2 Å². The number of carbonyl (C=O) groups excluding carboxylic acids is 1. The van der Waals surface area contributed by atoms with Crippen LogP contribution >= 0.6 is 23.4 Å². The van der Waals surface area contributed by atoms with Crippen molar-refractivity contribution in [2.45, 2.75) is 25.8 Å². The van der Waals surface area contributed by atoms with E-state index in [4.69, 9.17) is 21.3 Å². The van der Waals surface area contributed by atoms with Crippen LogP contribution in [0.3, 0.4) is 0 Å². The minimum atomic E-state index is -0.159. The van der Waals surface area contributed by atoms with E-state index in [1.54, 1.807) is 19.2 Å². The van der Waals surface area contributed by atoms with Crippen LogP contribution < -0.4 is 10.1 Å². The molecule has 0 aliphatic heterocycles. The molecule has 0 unspecified atom stereocenters. The third-order valence-electron chi connectivity index (χ3n) is 5.92. The number of thioether (sulfide) groups is 1. The van der Waals surface area contributed by atoms with Gasteiger partial charge in [-0.1, -0.05) is 53.2 Å². The van der Waals surface area contributed by atoms with Crippen molar-refractivity contribution in [1.29, 1.82) is 5.26 Å². The van der Waals surface area contributed by atoms with Crippen molar-refractivity contribution in [3.63, 3.8) is 0 Å². The minimum Gasteiger partial charge on any atom is -0.497 e. The van der Waals surface area contributed by atoms with E-state index in [9.17, 15) is 10.1 Å². The van der Waals surface area contributed by atoms with Gasteiger partial charge in [0.15, 0.2) is 0 Å². The third-order valence-corrected chi connectivity index (χ3v) is 7.15. The van der Waals surface area contributed by atoms with Crippen molar-refractivity contribution in [1.82, 2.24) is 4.98 Å². The summed E-state index contributed by atoms with van der Waals surface area (Å²) in [5.41, 5.74) is 7.55. The van der Waals surface area contributed by atoms with Crippen LogP contribution in [-0.4, -0.2) is 23.8 Å². The Hall–Kier alpha value is -3.79. The molecule has 0 radical (unpaired) electrons. The molecule has 0 spiro atoms. The number of aryl methyl sites for hydroxylation is 3. The number of hydrogen-bond acceptors (Lipinski definition) is 5. The van der Waals surface area contributed by atoms with Crippen molar-refractivity contribution in [2.75, 3.05) is 18.2 Å². The van der Waals surface area contributed by atoms with Crippen LogP contribution in [0.5, 0.6) is 5.75 Å². The first kappa shape index (κ1) is 26.3. The number of nitrogens with one attached hydrogen (secondary N) is 1. The van der Waals surface area contributed by atoms with E-state index in [-0.39, 0.29) is 11.7 Å². The van der Waals surface area contributed by atoms with E-state index < -0.39 is 0 Å². The number of ether oxygens (including phenoxy) is 1. The van der Waals surface area contributed by atoms with Gasteiger partial charge in [0.2, 0.25) is 5.91 Å². The van der Waals surface area contributed by atoms with E-state index in [1.165, 1.54) is 11.8 Å². The smallest absolute Gasteiger partial charge is 0.234 e. The number of carbonyl (C=O) groups is 1. The summed E-state index contributed by atoms with van der Waals surface area (Å²) in [6.07, 6.45) is 0. The molecule has 0 saturated carbocycles. The Labute approximate surface area is 226 Å². The topological polar surface area (TPSA) is 75.0 Å². The second-order valence-corrected chi connectivity index (χ2v) is 10.1. The molecule has 0 fully saturated rings. The maximum absolute atomic E-state index is 12.9. The number of anilines is 1. The molecule has 1 amide bonds. The van der Waals surface area contributed by atoms with Crippen LogP contribution in [0.25, 0.3) is 22.4 Å². The maximum Gasteiger partial charge on any atom is 0.234 e. The summed E-state index contributed by atoms with van der Waals surface area (Å²) in [6, 6.07) is 23.2. The molecule has 4 aromatic rings. The average molecular weight is 528 g/mol. The van der Waals surface area contributed by atoms with Crippen molar-refractivity contribution >= 4 is 35.0 Å². The standard InChI is InChI=1S/C30H26ClN3O2S/c1-18-13-19(2)29(20(3)14-18)34-28(35)17-37-30-26(16-32)25(21-5-9-23(31)10-6-21)15-27(33-30)22-7-11-24(36-4)12-8-22/h5-15H,17H2,1-4H3,(H,34,35). The molecule has 1 aromatic heterocycles.